The maximum absolute atomic E-state index is 13.1. The predicted octanol–water partition coefficient (Wildman–Crippen LogP) is 3.46. The van der Waals surface area contributed by atoms with E-state index in [0.717, 1.165) is 16.9 Å². The van der Waals surface area contributed by atoms with Crippen molar-refractivity contribution in [2.45, 2.75) is 39.3 Å². The molecular weight excluding hydrogens is 359 g/mol. The van der Waals surface area contributed by atoms with Gasteiger partial charge in [-0.1, -0.05) is 29.8 Å². The van der Waals surface area contributed by atoms with E-state index in [-0.39, 0.29) is 30.6 Å². The molecule has 0 saturated heterocycles. The van der Waals surface area contributed by atoms with Crippen molar-refractivity contribution in [1.29, 1.82) is 0 Å². The van der Waals surface area contributed by atoms with Crippen LogP contribution < -0.4 is 10.1 Å². The Bertz CT molecular complexity index is 775. The summed E-state index contributed by atoms with van der Waals surface area (Å²) in [6.45, 7) is 4.34. The molecule has 0 fully saturated rings. The third kappa shape index (κ3) is 6.37. The highest BCUT2D eigenvalue weighted by Gasteiger charge is 2.25. The number of rotatable bonds is 9. The van der Waals surface area contributed by atoms with Crippen molar-refractivity contribution in [2.24, 2.45) is 0 Å². The van der Waals surface area contributed by atoms with E-state index in [1.54, 1.807) is 19.1 Å². The van der Waals surface area contributed by atoms with Crippen LogP contribution in [0, 0.1) is 12.7 Å². The van der Waals surface area contributed by atoms with Gasteiger partial charge < -0.3 is 15.0 Å². The molecule has 0 aliphatic rings. The Kier molecular flexibility index (Phi) is 7.99. The molecule has 0 radical (unpaired) electrons. The maximum Gasteiger partial charge on any atom is 0.242 e. The van der Waals surface area contributed by atoms with Crippen LogP contribution in [0.1, 0.15) is 30.9 Å². The molecule has 5 nitrogen and oxygen atoms in total. The lowest BCUT2D eigenvalue weighted by atomic mass is 10.1. The molecule has 2 aromatic rings. The molecule has 0 aliphatic carbocycles. The lowest BCUT2D eigenvalue weighted by Gasteiger charge is -2.28. The van der Waals surface area contributed by atoms with Gasteiger partial charge in [0.2, 0.25) is 11.8 Å². The molecule has 0 unspecified atom stereocenters. The van der Waals surface area contributed by atoms with Crippen molar-refractivity contribution >= 4 is 11.8 Å². The number of ether oxygens (including phenoxy) is 1. The van der Waals surface area contributed by atoms with Gasteiger partial charge in [-0.15, -0.1) is 0 Å². The standard InChI is InChI=1S/C22H27FN2O3/c1-16-6-12-20(13-7-16)28-14-4-5-21(26)25(17(2)22(27)24-3)15-18-8-10-19(23)11-9-18/h6-13,17H,4-5,14-15H2,1-3H3,(H,24,27)/t17-/m0/s1. The van der Waals surface area contributed by atoms with Crippen molar-refractivity contribution in [3.05, 3.63) is 65.5 Å². The van der Waals surface area contributed by atoms with Crippen LogP contribution in [0.4, 0.5) is 4.39 Å². The number of hydrogen-bond donors (Lipinski definition) is 1. The summed E-state index contributed by atoms with van der Waals surface area (Å²) in [4.78, 5) is 26.3. The summed E-state index contributed by atoms with van der Waals surface area (Å²) in [5, 5.41) is 2.57. The van der Waals surface area contributed by atoms with Crippen LogP contribution in [0.25, 0.3) is 0 Å². The highest BCUT2D eigenvalue weighted by atomic mass is 19.1. The fourth-order valence-corrected chi connectivity index (χ4v) is 2.77. The van der Waals surface area contributed by atoms with E-state index in [1.807, 2.05) is 31.2 Å². The highest BCUT2D eigenvalue weighted by Crippen LogP contribution is 2.14. The van der Waals surface area contributed by atoms with Crippen LogP contribution in [0.3, 0.4) is 0 Å². The zero-order chi connectivity index (χ0) is 20.5. The minimum Gasteiger partial charge on any atom is -0.494 e. The SMILES string of the molecule is CNC(=O)[C@H](C)N(Cc1ccc(F)cc1)C(=O)CCCOc1ccc(C)cc1. The molecule has 1 N–H and O–H groups in total. The van der Waals surface area contributed by atoms with Crippen LogP contribution in [0.15, 0.2) is 48.5 Å². The second kappa shape index (κ2) is 10.4. The molecule has 6 heteroatoms. The third-order valence-electron chi connectivity index (χ3n) is 4.50. The summed E-state index contributed by atoms with van der Waals surface area (Å²) in [7, 11) is 1.54. The number of aryl methyl sites for hydroxylation is 1. The van der Waals surface area contributed by atoms with E-state index >= 15 is 0 Å². The number of carbonyl (C=O) groups excluding carboxylic acids is 2. The zero-order valence-corrected chi connectivity index (χ0v) is 16.6. The fourth-order valence-electron chi connectivity index (χ4n) is 2.77. The van der Waals surface area contributed by atoms with Crippen molar-refractivity contribution < 1.29 is 18.7 Å². The highest BCUT2D eigenvalue weighted by molar-refractivity contribution is 5.87. The first kappa shape index (κ1) is 21.4. The number of nitrogens with zero attached hydrogens (tertiary/aromatic N) is 1. The van der Waals surface area contributed by atoms with E-state index in [4.69, 9.17) is 4.74 Å². The van der Waals surface area contributed by atoms with E-state index in [2.05, 4.69) is 5.32 Å². The minimum absolute atomic E-state index is 0.145. The maximum atomic E-state index is 13.1. The summed E-state index contributed by atoms with van der Waals surface area (Å²) < 4.78 is 18.8. The summed E-state index contributed by atoms with van der Waals surface area (Å²) in [6.07, 6.45) is 0.793. The molecule has 0 spiro atoms. The molecule has 2 rings (SSSR count). The summed E-state index contributed by atoms with van der Waals surface area (Å²) in [6, 6.07) is 13.0. The van der Waals surface area contributed by atoms with Gasteiger partial charge >= 0.3 is 0 Å². The molecule has 0 saturated carbocycles. The van der Waals surface area contributed by atoms with Crippen molar-refractivity contribution in [3.8, 4) is 5.75 Å². The molecule has 150 valence electrons. The Labute approximate surface area is 165 Å². The van der Waals surface area contributed by atoms with Crippen molar-refractivity contribution in [2.75, 3.05) is 13.7 Å². The number of amides is 2. The van der Waals surface area contributed by atoms with Gasteiger partial charge in [0.25, 0.3) is 0 Å². The summed E-state index contributed by atoms with van der Waals surface area (Å²) in [5.41, 5.74) is 1.92. The van der Waals surface area contributed by atoms with Crippen LogP contribution in [0.2, 0.25) is 0 Å². The molecule has 2 aromatic carbocycles. The van der Waals surface area contributed by atoms with Crippen LogP contribution in [-0.4, -0.2) is 36.4 Å². The Balaban J connectivity index is 1.94. The zero-order valence-electron chi connectivity index (χ0n) is 16.6. The fraction of sp³-hybridized carbons (Fsp3) is 0.364. The average Bonchev–Trinajstić information content (AvgIpc) is 2.70. The molecule has 0 aromatic heterocycles. The van der Waals surface area contributed by atoms with Gasteiger partial charge in [0.1, 0.15) is 17.6 Å². The van der Waals surface area contributed by atoms with Crippen LogP contribution in [-0.2, 0) is 16.1 Å². The molecule has 28 heavy (non-hydrogen) atoms. The topological polar surface area (TPSA) is 58.6 Å². The van der Waals surface area contributed by atoms with Gasteiger partial charge in [-0.2, -0.15) is 0 Å². The van der Waals surface area contributed by atoms with Crippen LogP contribution in [0.5, 0.6) is 5.75 Å². The number of benzene rings is 2. The Morgan fingerprint density at radius 2 is 1.75 bits per heavy atom. The summed E-state index contributed by atoms with van der Waals surface area (Å²) >= 11 is 0. The largest absolute Gasteiger partial charge is 0.494 e. The number of likely N-dealkylation sites (N-methyl/N-ethyl adjacent to an activating group) is 1. The van der Waals surface area contributed by atoms with Gasteiger partial charge in [0.05, 0.1) is 6.61 Å². The Morgan fingerprint density at radius 1 is 1.11 bits per heavy atom. The summed E-state index contributed by atoms with van der Waals surface area (Å²) in [5.74, 6) is 0.0356. The number of halogens is 1. The Hall–Kier alpha value is -2.89. The van der Waals surface area contributed by atoms with E-state index in [1.165, 1.54) is 24.1 Å². The second-order valence-corrected chi connectivity index (χ2v) is 6.70. The molecule has 0 heterocycles. The second-order valence-electron chi connectivity index (χ2n) is 6.70. The smallest absolute Gasteiger partial charge is 0.242 e. The van der Waals surface area contributed by atoms with Crippen LogP contribution >= 0.6 is 0 Å². The first-order chi connectivity index (χ1) is 13.4. The Morgan fingerprint density at radius 3 is 2.36 bits per heavy atom. The van der Waals surface area contributed by atoms with E-state index in [9.17, 15) is 14.0 Å². The van der Waals surface area contributed by atoms with Gasteiger partial charge in [-0.25, -0.2) is 4.39 Å². The predicted molar refractivity (Wildman–Crippen MR) is 106 cm³/mol. The van der Waals surface area contributed by atoms with Crippen molar-refractivity contribution in [1.82, 2.24) is 10.2 Å². The molecule has 0 aliphatic heterocycles. The third-order valence-corrected chi connectivity index (χ3v) is 4.50. The molecule has 2 amide bonds. The van der Waals surface area contributed by atoms with Gasteiger partial charge in [-0.05, 0) is 50.1 Å². The monoisotopic (exact) mass is 386 g/mol. The first-order valence-corrected chi connectivity index (χ1v) is 9.35. The molecule has 0 bridgehead atoms. The molecular formula is C22H27FN2O3. The number of hydrogen-bond acceptors (Lipinski definition) is 3. The minimum atomic E-state index is -0.624. The number of carbonyl (C=O) groups is 2. The van der Waals surface area contributed by atoms with Gasteiger partial charge in [-0.3, -0.25) is 9.59 Å². The first-order valence-electron chi connectivity index (χ1n) is 9.35. The number of nitrogens with one attached hydrogen (secondary N) is 1. The lowest BCUT2D eigenvalue weighted by molar-refractivity contribution is -0.140. The quantitative estimate of drug-likeness (QED) is 0.672. The average molecular weight is 386 g/mol. The van der Waals surface area contributed by atoms with Gasteiger partial charge in [0.15, 0.2) is 0 Å². The lowest BCUT2D eigenvalue weighted by Crippen LogP contribution is -2.46. The normalized spacial score (nSPS) is 11.6. The van der Waals surface area contributed by atoms with E-state index in [0.29, 0.717) is 13.0 Å². The van der Waals surface area contributed by atoms with Crippen molar-refractivity contribution in [3.63, 3.8) is 0 Å². The molecule has 1 atom stereocenters. The van der Waals surface area contributed by atoms with Gasteiger partial charge in [0, 0.05) is 20.0 Å². The van der Waals surface area contributed by atoms with E-state index < -0.39 is 6.04 Å².